The second-order valence-corrected chi connectivity index (χ2v) is 8.26. The number of ether oxygens (including phenoxy) is 1. The third-order valence-electron chi connectivity index (χ3n) is 5.81. The number of aliphatic carboxylic acids is 1. The number of nitrogens with one attached hydrogen (secondary N) is 2. The minimum Gasteiger partial charge on any atom is -0.481 e. The largest absolute Gasteiger partial charge is 0.481 e. The van der Waals surface area contributed by atoms with Crippen molar-refractivity contribution in [3.63, 3.8) is 0 Å². The lowest BCUT2D eigenvalue weighted by Gasteiger charge is -2.28. The van der Waals surface area contributed by atoms with Crippen molar-refractivity contribution < 1.29 is 19.4 Å². The molecule has 2 heterocycles. The van der Waals surface area contributed by atoms with Gasteiger partial charge in [-0.3, -0.25) is 9.59 Å². The van der Waals surface area contributed by atoms with Crippen molar-refractivity contribution in [2.75, 3.05) is 13.1 Å². The number of carboxylic acids is 1. The van der Waals surface area contributed by atoms with Gasteiger partial charge < -0.3 is 20.5 Å². The molecule has 0 radical (unpaired) electrons. The minimum absolute atomic E-state index is 0.0362. The second-order valence-electron chi connectivity index (χ2n) is 7.82. The number of unbranched alkanes of at least 4 members (excludes halogenated alkanes) is 3. The zero-order valence-electron chi connectivity index (χ0n) is 16.8. The third-order valence-corrected chi connectivity index (χ3v) is 6.09. The van der Waals surface area contributed by atoms with Crippen LogP contribution in [0.4, 0.5) is 0 Å². The molecule has 0 unspecified atom stereocenters. The van der Waals surface area contributed by atoms with Gasteiger partial charge >= 0.3 is 5.97 Å². The molecule has 3 N–H and O–H groups in total. The van der Waals surface area contributed by atoms with Crippen molar-refractivity contribution in [2.45, 2.75) is 76.9 Å². The van der Waals surface area contributed by atoms with Crippen LogP contribution in [0.25, 0.3) is 0 Å². The molecule has 1 amide bonds. The zero-order chi connectivity index (χ0) is 20.4. The molecule has 0 aromatic heterocycles. The summed E-state index contributed by atoms with van der Waals surface area (Å²) in [5.41, 5.74) is 0. The number of thiocarbonyl (C=S) groups is 1. The molecular weight excluding hydrogens is 376 g/mol. The lowest BCUT2D eigenvalue weighted by molar-refractivity contribution is -0.137. The minimum atomic E-state index is -0.706. The van der Waals surface area contributed by atoms with Gasteiger partial charge in [0.05, 0.1) is 23.7 Å². The summed E-state index contributed by atoms with van der Waals surface area (Å²) in [4.78, 5) is 23.1. The van der Waals surface area contributed by atoms with E-state index in [0.29, 0.717) is 35.6 Å². The van der Waals surface area contributed by atoms with Crippen LogP contribution < -0.4 is 10.6 Å². The van der Waals surface area contributed by atoms with E-state index in [4.69, 9.17) is 22.1 Å². The smallest absolute Gasteiger partial charge is 0.303 e. The molecule has 158 valence electrons. The number of rotatable bonds is 13. The maximum atomic E-state index is 12.0. The highest BCUT2D eigenvalue weighted by Crippen LogP contribution is 2.46. The average molecular weight is 411 g/mol. The van der Waals surface area contributed by atoms with Crippen LogP contribution >= 0.6 is 12.2 Å². The van der Waals surface area contributed by atoms with Crippen molar-refractivity contribution >= 4 is 29.1 Å². The van der Waals surface area contributed by atoms with Gasteiger partial charge in [-0.2, -0.15) is 0 Å². The van der Waals surface area contributed by atoms with Crippen molar-refractivity contribution in [3.8, 4) is 0 Å². The second kappa shape index (κ2) is 12.2. The SMILES string of the molecule is CC=CC(=S)NCC(=O)NCC[C@H]1[C@@H](CCCCCCC(=O)O)[C@H]2CC[C@@H]1O2. The number of amides is 1. The molecule has 0 saturated carbocycles. The van der Waals surface area contributed by atoms with Gasteiger partial charge in [0.15, 0.2) is 0 Å². The lowest BCUT2D eigenvalue weighted by Crippen LogP contribution is -2.38. The molecule has 7 heteroatoms. The first-order valence-corrected chi connectivity index (χ1v) is 11.0. The van der Waals surface area contributed by atoms with Crippen LogP contribution in [0, 0.1) is 11.8 Å². The predicted molar refractivity (Wildman–Crippen MR) is 113 cm³/mol. The molecule has 0 aromatic carbocycles. The highest BCUT2D eigenvalue weighted by Gasteiger charge is 2.47. The van der Waals surface area contributed by atoms with Crippen molar-refractivity contribution in [2.24, 2.45) is 11.8 Å². The quantitative estimate of drug-likeness (QED) is 0.246. The number of carbonyl (C=O) groups is 2. The van der Waals surface area contributed by atoms with E-state index in [2.05, 4.69) is 10.6 Å². The molecule has 4 atom stereocenters. The number of hydrogen-bond donors (Lipinski definition) is 3. The summed E-state index contributed by atoms with van der Waals surface area (Å²) in [6.07, 6.45) is 13.0. The number of allylic oxidation sites excluding steroid dienone is 1. The van der Waals surface area contributed by atoms with E-state index in [1.165, 1.54) is 0 Å². The molecule has 2 bridgehead atoms. The van der Waals surface area contributed by atoms with Crippen molar-refractivity contribution in [1.82, 2.24) is 10.6 Å². The number of carbonyl (C=O) groups excluding carboxylic acids is 1. The van der Waals surface area contributed by atoms with Crippen LogP contribution in [-0.4, -0.2) is 47.3 Å². The Morgan fingerprint density at radius 3 is 2.43 bits per heavy atom. The molecule has 2 aliphatic rings. The van der Waals surface area contributed by atoms with Crippen LogP contribution in [0.3, 0.4) is 0 Å². The summed E-state index contributed by atoms with van der Waals surface area (Å²) in [6, 6.07) is 0. The number of carboxylic acid groups (broad SMARTS) is 1. The monoisotopic (exact) mass is 410 g/mol. The van der Waals surface area contributed by atoms with Gasteiger partial charge in [0, 0.05) is 13.0 Å². The molecule has 6 nitrogen and oxygen atoms in total. The van der Waals surface area contributed by atoms with Gasteiger partial charge in [0.25, 0.3) is 0 Å². The topological polar surface area (TPSA) is 87.7 Å². The van der Waals surface area contributed by atoms with E-state index in [1.54, 1.807) is 6.08 Å². The Kier molecular flexibility index (Phi) is 9.92. The first-order valence-electron chi connectivity index (χ1n) is 10.6. The highest BCUT2D eigenvalue weighted by molar-refractivity contribution is 7.80. The summed E-state index contributed by atoms with van der Waals surface area (Å²) in [7, 11) is 0. The van der Waals surface area contributed by atoms with E-state index < -0.39 is 5.97 Å². The van der Waals surface area contributed by atoms with Crippen LogP contribution in [0.15, 0.2) is 12.2 Å². The van der Waals surface area contributed by atoms with Crippen LogP contribution in [0.2, 0.25) is 0 Å². The van der Waals surface area contributed by atoms with Crippen molar-refractivity contribution in [1.29, 1.82) is 0 Å². The molecule has 2 fully saturated rings. The molecule has 2 aliphatic heterocycles. The van der Waals surface area contributed by atoms with E-state index in [0.717, 1.165) is 51.4 Å². The Morgan fingerprint density at radius 2 is 1.75 bits per heavy atom. The molecule has 2 saturated heterocycles. The fraction of sp³-hybridized carbons (Fsp3) is 0.762. The predicted octanol–water partition coefficient (Wildman–Crippen LogP) is 3.20. The fourth-order valence-electron chi connectivity index (χ4n) is 4.50. The van der Waals surface area contributed by atoms with E-state index in [9.17, 15) is 9.59 Å². The third kappa shape index (κ3) is 7.51. The molecule has 28 heavy (non-hydrogen) atoms. The summed E-state index contributed by atoms with van der Waals surface area (Å²) in [6.45, 7) is 2.76. The molecule has 0 aromatic rings. The Morgan fingerprint density at radius 1 is 1.07 bits per heavy atom. The van der Waals surface area contributed by atoms with E-state index in [-0.39, 0.29) is 18.9 Å². The Labute approximate surface area is 173 Å². The summed E-state index contributed by atoms with van der Waals surface area (Å²) in [5, 5.41) is 14.6. The lowest BCUT2D eigenvalue weighted by atomic mass is 9.75. The first kappa shape index (κ1) is 22.8. The van der Waals surface area contributed by atoms with Gasteiger partial charge in [0.1, 0.15) is 0 Å². The molecule has 0 spiro atoms. The number of hydrogen-bond acceptors (Lipinski definition) is 4. The molecule has 2 rings (SSSR count). The Hall–Kier alpha value is -1.47. The van der Waals surface area contributed by atoms with Gasteiger partial charge in [0.2, 0.25) is 5.91 Å². The van der Waals surface area contributed by atoms with E-state index in [1.807, 2.05) is 13.0 Å². The van der Waals surface area contributed by atoms with Crippen molar-refractivity contribution in [3.05, 3.63) is 12.2 Å². The van der Waals surface area contributed by atoms with Crippen LogP contribution in [0.1, 0.15) is 64.7 Å². The normalized spacial score (nSPS) is 25.9. The number of fused-ring (bicyclic) bond motifs is 2. The van der Waals surface area contributed by atoms with Crippen LogP contribution in [0.5, 0.6) is 0 Å². The van der Waals surface area contributed by atoms with Gasteiger partial charge in [-0.05, 0) is 56.9 Å². The zero-order valence-corrected chi connectivity index (χ0v) is 17.6. The first-order chi connectivity index (χ1) is 13.5. The summed E-state index contributed by atoms with van der Waals surface area (Å²) >= 11 is 5.08. The standard InChI is InChI=1S/C21H34N2O4S/c1-2-7-20(28)23-14-19(24)22-13-12-16-15(17-10-11-18(16)27-17)8-5-3-4-6-9-21(25)26/h2,7,15-18H,3-6,8-14H2,1H3,(H,22,24)(H,23,28)(H,25,26)/t15-,16+,17-,18+/m1/s1. The van der Waals surface area contributed by atoms with E-state index >= 15 is 0 Å². The van der Waals surface area contributed by atoms with Gasteiger partial charge in [-0.25, -0.2) is 0 Å². The maximum absolute atomic E-state index is 12.0. The average Bonchev–Trinajstić information content (AvgIpc) is 3.25. The maximum Gasteiger partial charge on any atom is 0.303 e. The Bertz CT molecular complexity index is 567. The molecular formula is C21H34N2O4S. The van der Waals surface area contributed by atoms with Gasteiger partial charge in [-0.1, -0.05) is 37.6 Å². The summed E-state index contributed by atoms with van der Waals surface area (Å²) in [5.74, 6) is 0.360. The molecule has 0 aliphatic carbocycles. The highest BCUT2D eigenvalue weighted by atomic mass is 32.1. The Balaban J connectivity index is 1.64. The van der Waals surface area contributed by atoms with Crippen LogP contribution in [-0.2, 0) is 14.3 Å². The summed E-state index contributed by atoms with van der Waals surface area (Å²) < 4.78 is 6.14. The van der Waals surface area contributed by atoms with Gasteiger partial charge in [-0.15, -0.1) is 0 Å². The fourth-order valence-corrected chi connectivity index (χ4v) is 4.71.